The first-order chi connectivity index (χ1) is 16.1. The third-order valence-corrected chi connectivity index (χ3v) is 7.62. The molecule has 172 valence electrons. The zero-order valence-corrected chi connectivity index (χ0v) is 20.3. The van der Waals surface area contributed by atoms with E-state index in [1.807, 2.05) is 60.4 Å². The monoisotopic (exact) mass is 460 g/mol. The van der Waals surface area contributed by atoms with Crippen LogP contribution in [-0.2, 0) is 22.4 Å². The minimum atomic E-state index is -0.0908. The quantitative estimate of drug-likeness (QED) is 0.446. The van der Waals surface area contributed by atoms with E-state index < -0.39 is 0 Å². The Bertz CT molecular complexity index is 1060. The number of carbonyl (C=O) groups excluding carboxylic acids is 2. The summed E-state index contributed by atoms with van der Waals surface area (Å²) < 4.78 is 0. The molecule has 2 unspecified atom stereocenters. The number of hydrogen-bond donors (Lipinski definition) is 0. The van der Waals surface area contributed by atoms with Crippen molar-refractivity contribution >= 4 is 23.2 Å². The SMILES string of the molecule is CCC(C)N(CC(=O)N1CCc2sccc2C1c1ccccc1)C(=O)CCc1ccccc1. The zero-order valence-electron chi connectivity index (χ0n) is 19.4. The molecule has 1 aromatic heterocycles. The maximum Gasteiger partial charge on any atom is 0.243 e. The van der Waals surface area contributed by atoms with Crippen LogP contribution in [0, 0.1) is 0 Å². The Hall–Kier alpha value is -2.92. The van der Waals surface area contributed by atoms with Crippen LogP contribution in [0.4, 0.5) is 0 Å². The van der Waals surface area contributed by atoms with Crippen LogP contribution in [0.3, 0.4) is 0 Å². The fourth-order valence-corrected chi connectivity index (χ4v) is 5.47. The minimum absolute atomic E-state index is 0.0221. The van der Waals surface area contributed by atoms with Gasteiger partial charge >= 0.3 is 0 Å². The van der Waals surface area contributed by atoms with Crippen LogP contribution in [0.25, 0.3) is 0 Å². The maximum atomic E-state index is 13.7. The van der Waals surface area contributed by atoms with E-state index in [1.54, 1.807) is 16.2 Å². The van der Waals surface area contributed by atoms with E-state index >= 15 is 0 Å². The van der Waals surface area contributed by atoms with Gasteiger partial charge < -0.3 is 9.80 Å². The minimum Gasteiger partial charge on any atom is -0.331 e. The molecule has 1 aliphatic heterocycles. The lowest BCUT2D eigenvalue weighted by Crippen LogP contribution is -2.49. The lowest BCUT2D eigenvalue weighted by atomic mass is 9.93. The number of thiophene rings is 1. The molecule has 0 saturated carbocycles. The van der Waals surface area contributed by atoms with Crippen LogP contribution in [0.2, 0.25) is 0 Å². The Balaban J connectivity index is 1.52. The largest absolute Gasteiger partial charge is 0.331 e. The van der Waals surface area contributed by atoms with Crippen LogP contribution in [0.15, 0.2) is 72.1 Å². The second-order valence-corrected chi connectivity index (χ2v) is 9.71. The van der Waals surface area contributed by atoms with Crippen LogP contribution < -0.4 is 0 Å². The highest BCUT2D eigenvalue weighted by atomic mass is 32.1. The average molecular weight is 461 g/mol. The molecule has 1 aliphatic rings. The highest BCUT2D eigenvalue weighted by molar-refractivity contribution is 7.10. The highest BCUT2D eigenvalue weighted by Gasteiger charge is 2.34. The molecule has 2 amide bonds. The number of nitrogens with zero attached hydrogens (tertiary/aromatic N) is 2. The normalized spacial score (nSPS) is 16.2. The average Bonchev–Trinajstić information content (AvgIpc) is 3.34. The summed E-state index contributed by atoms with van der Waals surface area (Å²) in [4.78, 5) is 32.0. The number of hydrogen-bond acceptors (Lipinski definition) is 3. The number of fused-ring (bicyclic) bond motifs is 1. The predicted octanol–water partition coefficient (Wildman–Crippen LogP) is 5.48. The molecule has 33 heavy (non-hydrogen) atoms. The molecule has 3 aromatic rings. The number of rotatable bonds is 8. The molecule has 0 spiro atoms. The van der Waals surface area contributed by atoms with Gasteiger partial charge in [-0.1, -0.05) is 67.6 Å². The smallest absolute Gasteiger partial charge is 0.243 e. The molecule has 4 rings (SSSR count). The summed E-state index contributed by atoms with van der Waals surface area (Å²) in [6, 6.07) is 22.4. The van der Waals surface area contributed by atoms with Crippen molar-refractivity contribution in [3.63, 3.8) is 0 Å². The van der Waals surface area contributed by atoms with Crippen molar-refractivity contribution in [3.05, 3.63) is 93.7 Å². The van der Waals surface area contributed by atoms with Gasteiger partial charge in [-0.05, 0) is 54.3 Å². The topological polar surface area (TPSA) is 40.6 Å². The summed E-state index contributed by atoms with van der Waals surface area (Å²) in [5, 5.41) is 2.12. The van der Waals surface area contributed by atoms with Gasteiger partial charge in [-0.15, -0.1) is 11.3 Å². The first-order valence-electron chi connectivity index (χ1n) is 11.8. The van der Waals surface area contributed by atoms with Gasteiger partial charge in [-0.2, -0.15) is 0 Å². The van der Waals surface area contributed by atoms with E-state index in [1.165, 1.54) is 10.4 Å². The van der Waals surface area contributed by atoms with Crippen LogP contribution >= 0.6 is 11.3 Å². The first kappa shape index (κ1) is 23.2. The van der Waals surface area contributed by atoms with Crippen LogP contribution in [0.5, 0.6) is 0 Å². The predicted molar refractivity (Wildman–Crippen MR) is 134 cm³/mol. The molecular formula is C28H32N2O2S. The third-order valence-electron chi connectivity index (χ3n) is 6.62. The second kappa shape index (κ2) is 10.8. The summed E-state index contributed by atoms with van der Waals surface area (Å²) in [6.07, 6.45) is 2.79. The van der Waals surface area contributed by atoms with E-state index in [4.69, 9.17) is 0 Å². The lowest BCUT2D eigenvalue weighted by molar-refractivity contribution is -0.143. The molecule has 0 saturated heterocycles. The summed E-state index contributed by atoms with van der Waals surface area (Å²) in [6.45, 7) is 4.91. The Morgan fingerprint density at radius 3 is 2.45 bits per heavy atom. The van der Waals surface area contributed by atoms with Gasteiger partial charge in [0.1, 0.15) is 6.54 Å². The number of carbonyl (C=O) groups is 2. The van der Waals surface area contributed by atoms with Gasteiger partial charge in [0, 0.05) is 23.9 Å². The summed E-state index contributed by atoms with van der Waals surface area (Å²) in [7, 11) is 0. The van der Waals surface area contributed by atoms with Gasteiger partial charge in [0.15, 0.2) is 0 Å². The van der Waals surface area contributed by atoms with Crippen LogP contribution in [-0.4, -0.2) is 40.7 Å². The number of amides is 2. The fraction of sp³-hybridized carbons (Fsp3) is 0.357. The van der Waals surface area contributed by atoms with Crippen molar-refractivity contribution in [1.29, 1.82) is 0 Å². The second-order valence-electron chi connectivity index (χ2n) is 8.71. The standard InChI is InChI=1S/C28H32N2O2S/c1-3-21(2)30(26(31)15-14-22-10-6-4-7-11-22)20-27(32)29-18-16-25-24(17-19-33-25)28(29)23-12-8-5-9-13-23/h4-13,17,19,21,28H,3,14-16,18,20H2,1-2H3. The molecule has 2 atom stereocenters. The van der Waals surface area contributed by atoms with Crippen LogP contribution in [0.1, 0.15) is 54.3 Å². The Labute approximate surface area is 200 Å². The van der Waals surface area contributed by atoms with Crippen molar-refractivity contribution in [2.45, 2.75) is 51.6 Å². The number of benzene rings is 2. The van der Waals surface area contributed by atoms with Crippen molar-refractivity contribution < 1.29 is 9.59 Å². The van der Waals surface area contributed by atoms with Gasteiger partial charge in [-0.25, -0.2) is 0 Å². The maximum absolute atomic E-state index is 13.7. The van der Waals surface area contributed by atoms with E-state index in [2.05, 4.69) is 30.5 Å². The van der Waals surface area contributed by atoms with Crippen molar-refractivity contribution in [1.82, 2.24) is 9.80 Å². The van der Waals surface area contributed by atoms with E-state index in [-0.39, 0.29) is 30.4 Å². The zero-order chi connectivity index (χ0) is 23.2. The van der Waals surface area contributed by atoms with E-state index in [0.717, 1.165) is 24.0 Å². The van der Waals surface area contributed by atoms with Crippen molar-refractivity contribution in [3.8, 4) is 0 Å². The fourth-order valence-electron chi connectivity index (χ4n) is 4.57. The first-order valence-corrected chi connectivity index (χ1v) is 12.7. The van der Waals surface area contributed by atoms with E-state index in [0.29, 0.717) is 19.4 Å². The molecule has 0 aliphatic carbocycles. The highest BCUT2D eigenvalue weighted by Crippen LogP contribution is 2.37. The van der Waals surface area contributed by atoms with Gasteiger partial charge in [0.25, 0.3) is 0 Å². The molecule has 2 aromatic carbocycles. The van der Waals surface area contributed by atoms with Gasteiger partial charge in [0.2, 0.25) is 11.8 Å². The Kier molecular flexibility index (Phi) is 7.61. The third kappa shape index (κ3) is 5.36. The Morgan fingerprint density at radius 1 is 1.06 bits per heavy atom. The molecule has 5 heteroatoms. The summed E-state index contributed by atoms with van der Waals surface area (Å²) in [5.41, 5.74) is 3.48. The molecule has 2 heterocycles. The number of aryl methyl sites for hydroxylation is 1. The molecule has 0 bridgehead atoms. The van der Waals surface area contributed by atoms with Gasteiger partial charge in [-0.3, -0.25) is 9.59 Å². The molecule has 0 N–H and O–H groups in total. The summed E-state index contributed by atoms with van der Waals surface area (Å²) >= 11 is 1.77. The molecule has 0 fully saturated rings. The Morgan fingerprint density at radius 2 is 1.76 bits per heavy atom. The lowest BCUT2D eigenvalue weighted by Gasteiger charge is -2.38. The molecular weight excluding hydrogens is 428 g/mol. The molecule has 0 radical (unpaired) electrons. The van der Waals surface area contributed by atoms with Crippen molar-refractivity contribution in [2.75, 3.05) is 13.1 Å². The molecule has 4 nitrogen and oxygen atoms in total. The van der Waals surface area contributed by atoms with Gasteiger partial charge in [0.05, 0.1) is 6.04 Å². The summed E-state index contributed by atoms with van der Waals surface area (Å²) in [5.74, 6) is 0.0695. The van der Waals surface area contributed by atoms with Crippen molar-refractivity contribution in [2.24, 2.45) is 0 Å². The van der Waals surface area contributed by atoms with E-state index in [9.17, 15) is 9.59 Å².